The number of hydrogen-bond donors (Lipinski definition) is 0. The van der Waals surface area contributed by atoms with Crippen LogP contribution in [0, 0.1) is 6.92 Å². The third kappa shape index (κ3) is 3.61. The molecule has 0 bridgehead atoms. The van der Waals surface area contributed by atoms with Gasteiger partial charge in [-0.2, -0.15) is 0 Å². The number of aryl methyl sites for hydroxylation is 2. The fourth-order valence-electron chi connectivity index (χ4n) is 4.27. The van der Waals surface area contributed by atoms with Gasteiger partial charge in [-0.15, -0.1) is 11.3 Å². The molecule has 0 saturated carbocycles. The molecule has 0 aliphatic carbocycles. The molecule has 4 heterocycles. The van der Waals surface area contributed by atoms with Gasteiger partial charge in [-0.25, -0.2) is 9.78 Å². The first-order valence-corrected chi connectivity index (χ1v) is 11.5. The van der Waals surface area contributed by atoms with Gasteiger partial charge < -0.3 is 14.4 Å². The lowest BCUT2D eigenvalue weighted by Gasteiger charge is -2.30. The maximum atomic E-state index is 13.2. The molecule has 1 amide bonds. The monoisotopic (exact) mass is 453 g/mol. The van der Waals surface area contributed by atoms with E-state index in [1.807, 2.05) is 6.07 Å². The quantitative estimate of drug-likeness (QED) is 0.564. The number of ether oxygens (including phenoxy) is 2. The molecule has 9 heteroatoms. The highest BCUT2D eigenvalue weighted by Crippen LogP contribution is 2.31. The standard InChI is InChI=1S/C23H23N3O5S/c1-14-17-20(24-16-8-5-9-26(16)21(17)27)32-19(14)23(29)31-18(15-6-3-2-4-7-15)22(28)25-10-12-30-13-11-25/h2-4,6-7,18H,5,8-13H2,1H3/t18-/m1/s1. The Bertz CT molecular complexity index is 1240. The molecule has 0 spiro atoms. The van der Waals surface area contributed by atoms with Gasteiger partial charge in [0.05, 0.1) is 18.6 Å². The van der Waals surface area contributed by atoms with Crippen LogP contribution in [0.3, 0.4) is 0 Å². The van der Waals surface area contributed by atoms with E-state index in [0.717, 1.165) is 30.0 Å². The maximum absolute atomic E-state index is 13.2. The van der Waals surface area contributed by atoms with E-state index in [1.165, 1.54) is 0 Å². The number of aromatic nitrogens is 2. The molecule has 2 aromatic heterocycles. The van der Waals surface area contributed by atoms with E-state index >= 15 is 0 Å². The van der Waals surface area contributed by atoms with Crippen molar-refractivity contribution in [2.45, 2.75) is 32.4 Å². The first-order valence-electron chi connectivity index (χ1n) is 10.7. The number of carbonyl (C=O) groups excluding carboxylic acids is 2. The first kappa shape index (κ1) is 20.8. The van der Waals surface area contributed by atoms with Crippen LogP contribution in [0.25, 0.3) is 10.2 Å². The van der Waals surface area contributed by atoms with Crippen LogP contribution in [0.4, 0.5) is 0 Å². The van der Waals surface area contributed by atoms with Crippen molar-refractivity contribution < 1.29 is 19.1 Å². The van der Waals surface area contributed by atoms with Gasteiger partial charge in [-0.05, 0) is 18.9 Å². The zero-order valence-electron chi connectivity index (χ0n) is 17.7. The molecule has 8 nitrogen and oxygen atoms in total. The average Bonchev–Trinajstić information content (AvgIpc) is 3.43. The smallest absolute Gasteiger partial charge is 0.349 e. The number of thiophene rings is 1. The number of carbonyl (C=O) groups is 2. The predicted molar refractivity (Wildman–Crippen MR) is 119 cm³/mol. The number of nitrogens with zero attached hydrogens (tertiary/aromatic N) is 3. The molecule has 0 N–H and O–H groups in total. The predicted octanol–water partition coefficient (Wildman–Crippen LogP) is 2.47. The Morgan fingerprint density at radius 1 is 1.16 bits per heavy atom. The maximum Gasteiger partial charge on any atom is 0.349 e. The summed E-state index contributed by atoms with van der Waals surface area (Å²) in [6.45, 7) is 4.20. The second-order valence-corrected chi connectivity index (χ2v) is 8.96. The molecule has 0 unspecified atom stereocenters. The molecule has 32 heavy (non-hydrogen) atoms. The molecule has 0 radical (unpaired) electrons. The number of esters is 1. The van der Waals surface area contributed by atoms with E-state index in [1.54, 1.807) is 40.7 Å². The minimum atomic E-state index is -1.06. The zero-order valence-corrected chi connectivity index (χ0v) is 18.5. The third-order valence-electron chi connectivity index (χ3n) is 5.97. The Morgan fingerprint density at radius 2 is 1.91 bits per heavy atom. The Labute approximate surface area is 188 Å². The summed E-state index contributed by atoms with van der Waals surface area (Å²) in [5.41, 5.74) is 1.05. The normalized spacial score (nSPS) is 16.7. The number of hydrogen-bond acceptors (Lipinski definition) is 7. The number of morpholine rings is 1. The topological polar surface area (TPSA) is 90.7 Å². The van der Waals surface area contributed by atoms with Crippen molar-refractivity contribution in [2.75, 3.05) is 26.3 Å². The SMILES string of the molecule is Cc1c(C(=O)O[C@@H](C(=O)N2CCOCC2)c2ccccc2)sc2nc3n(c(=O)c12)CCC3. The molecular weight excluding hydrogens is 430 g/mol. The van der Waals surface area contributed by atoms with Gasteiger partial charge in [-0.1, -0.05) is 30.3 Å². The van der Waals surface area contributed by atoms with Crippen LogP contribution in [0.2, 0.25) is 0 Å². The van der Waals surface area contributed by atoms with Gasteiger partial charge in [-0.3, -0.25) is 14.2 Å². The minimum Gasteiger partial charge on any atom is -0.443 e. The molecule has 2 aliphatic heterocycles. The summed E-state index contributed by atoms with van der Waals surface area (Å²) in [6.07, 6.45) is 0.590. The van der Waals surface area contributed by atoms with Crippen LogP contribution >= 0.6 is 11.3 Å². The second-order valence-electron chi connectivity index (χ2n) is 7.96. The molecular formula is C23H23N3O5S. The highest BCUT2D eigenvalue weighted by molar-refractivity contribution is 7.20. The van der Waals surface area contributed by atoms with Crippen molar-refractivity contribution in [3.63, 3.8) is 0 Å². The van der Waals surface area contributed by atoms with Gasteiger partial charge in [0.25, 0.3) is 11.5 Å². The van der Waals surface area contributed by atoms with Gasteiger partial charge in [0, 0.05) is 31.6 Å². The van der Waals surface area contributed by atoms with E-state index in [-0.39, 0.29) is 11.5 Å². The Hall–Kier alpha value is -3.04. The van der Waals surface area contributed by atoms with Crippen molar-refractivity contribution in [3.8, 4) is 0 Å². The summed E-state index contributed by atoms with van der Waals surface area (Å²) in [7, 11) is 0. The molecule has 2 aliphatic rings. The number of benzene rings is 1. The molecule has 1 fully saturated rings. The van der Waals surface area contributed by atoms with E-state index in [4.69, 9.17) is 9.47 Å². The van der Waals surface area contributed by atoms with Crippen molar-refractivity contribution in [3.05, 3.63) is 62.5 Å². The van der Waals surface area contributed by atoms with Crippen molar-refractivity contribution in [1.82, 2.24) is 14.5 Å². The van der Waals surface area contributed by atoms with Crippen molar-refractivity contribution in [1.29, 1.82) is 0 Å². The number of amides is 1. The van der Waals surface area contributed by atoms with E-state index in [0.29, 0.717) is 59.1 Å². The van der Waals surface area contributed by atoms with Crippen LogP contribution in [0.15, 0.2) is 35.1 Å². The van der Waals surface area contributed by atoms with Crippen LogP contribution < -0.4 is 5.56 Å². The lowest BCUT2D eigenvalue weighted by atomic mass is 10.1. The number of fused-ring (bicyclic) bond motifs is 2. The van der Waals surface area contributed by atoms with E-state index in [9.17, 15) is 14.4 Å². The molecule has 3 aromatic rings. The van der Waals surface area contributed by atoms with Crippen molar-refractivity contribution in [2.24, 2.45) is 0 Å². The highest BCUT2D eigenvalue weighted by atomic mass is 32.1. The summed E-state index contributed by atoms with van der Waals surface area (Å²) in [6, 6.07) is 8.99. The Balaban J connectivity index is 1.49. The fraction of sp³-hybridized carbons (Fsp3) is 0.391. The Kier molecular flexibility index (Phi) is 5.52. The Morgan fingerprint density at radius 3 is 2.66 bits per heavy atom. The van der Waals surface area contributed by atoms with Crippen molar-refractivity contribution >= 4 is 33.4 Å². The lowest BCUT2D eigenvalue weighted by Crippen LogP contribution is -2.44. The average molecular weight is 454 g/mol. The van der Waals surface area contributed by atoms with Gasteiger partial charge in [0.15, 0.2) is 0 Å². The fourth-order valence-corrected chi connectivity index (χ4v) is 5.34. The molecule has 1 saturated heterocycles. The van der Waals surface area contributed by atoms with Crippen LogP contribution in [-0.2, 0) is 27.2 Å². The summed E-state index contributed by atoms with van der Waals surface area (Å²) >= 11 is 1.15. The summed E-state index contributed by atoms with van der Waals surface area (Å²) in [5.74, 6) is -0.136. The molecule has 1 aromatic carbocycles. The van der Waals surface area contributed by atoms with E-state index < -0.39 is 12.1 Å². The summed E-state index contributed by atoms with van der Waals surface area (Å²) in [5, 5.41) is 0.461. The molecule has 1 atom stereocenters. The zero-order chi connectivity index (χ0) is 22.2. The van der Waals surface area contributed by atoms with Gasteiger partial charge >= 0.3 is 5.97 Å². The summed E-state index contributed by atoms with van der Waals surface area (Å²) < 4.78 is 12.8. The van der Waals surface area contributed by atoms with Crippen LogP contribution in [0.1, 0.15) is 39.1 Å². The van der Waals surface area contributed by atoms with Crippen LogP contribution in [-0.4, -0.2) is 52.6 Å². The molecule has 166 valence electrons. The van der Waals surface area contributed by atoms with E-state index in [2.05, 4.69) is 4.98 Å². The summed E-state index contributed by atoms with van der Waals surface area (Å²) in [4.78, 5) is 46.5. The highest BCUT2D eigenvalue weighted by Gasteiger charge is 2.32. The largest absolute Gasteiger partial charge is 0.443 e. The molecule has 5 rings (SSSR count). The van der Waals surface area contributed by atoms with Gasteiger partial charge in [0.1, 0.15) is 15.5 Å². The van der Waals surface area contributed by atoms with Gasteiger partial charge in [0.2, 0.25) is 6.10 Å². The third-order valence-corrected chi connectivity index (χ3v) is 7.14. The minimum absolute atomic E-state index is 0.112. The van der Waals surface area contributed by atoms with Crippen LogP contribution in [0.5, 0.6) is 0 Å². The second kappa shape index (κ2) is 8.48. The number of rotatable bonds is 4. The lowest BCUT2D eigenvalue weighted by molar-refractivity contribution is -0.145. The first-order chi connectivity index (χ1) is 15.5.